The molecule has 1 rings (SSSR count). The zero-order chi connectivity index (χ0) is 18.0. The lowest BCUT2D eigenvalue weighted by atomic mass is 9.93. The van der Waals surface area contributed by atoms with Gasteiger partial charge in [-0.25, -0.2) is 0 Å². The zero-order valence-electron chi connectivity index (χ0n) is 14.0. The van der Waals surface area contributed by atoms with E-state index in [9.17, 15) is 18.0 Å². The average Bonchev–Trinajstić information content (AvgIpc) is 2.55. The number of esters is 1. The minimum Gasteiger partial charge on any atom is -0.461 e. The average molecular weight is 345 g/mol. The molecule has 2 N–H and O–H groups in total. The first kappa shape index (κ1) is 20.5. The number of carbonyl (C=O) groups excluding carboxylic acids is 1. The number of benzene rings is 1. The van der Waals surface area contributed by atoms with Crippen LogP contribution in [0.25, 0.3) is 0 Å². The fourth-order valence-corrected chi connectivity index (χ4v) is 2.48. The summed E-state index contributed by atoms with van der Waals surface area (Å²) in [6.45, 7) is 2.01. The van der Waals surface area contributed by atoms with Crippen LogP contribution in [0, 0.1) is 5.92 Å². The van der Waals surface area contributed by atoms with Crippen molar-refractivity contribution in [3.63, 3.8) is 0 Å². The second-order valence-corrected chi connectivity index (χ2v) is 5.97. The summed E-state index contributed by atoms with van der Waals surface area (Å²) in [7, 11) is 0. The highest BCUT2D eigenvalue weighted by Gasteiger charge is 2.45. The van der Waals surface area contributed by atoms with E-state index in [4.69, 9.17) is 10.5 Å². The number of ether oxygens (including phenoxy) is 1. The number of rotatable bonds is 10. The molecule has 24 heavy (non-hydrogen) atoms. The molecule has 0 aliphatic heterocycles. The predicted molar refractivity (Wildman–Crippen MR) is 87.1 cm³/mol. The minimum absolute atomic E-state index is 0.0451. The third-order valence-electron chi connectivity index (χ3n) is 3.96. The molecule has 136 valence electrons. The van der Waals surface area contributed by atoms with Crippen LogP contribution in [0.1, 0.15) is 51.0 Å². The van der Waals surface area contributed by atoms with Gasteiger partial charge in [-0.2, -0.15) is 13.2 Å². The Morgan fingerprint density at radius 3 is 2.33 bits per heavy atom. The van der Waals surface area contributed by atoms with Crippen LogP contribution >= 0.6 is 0 Å². The maximum absolute atomic E-state index is 12.9. The van der Waals surface area contributed by atoms with Gasteiger partial charge in [-0.1, -0.05) is 69.4 Å². The summed E-state index contributed by atoms with van der Waals surface area (Å²) in [4.78, 5) is 12.1. The van der Waals surface area contributed by atoms with Crippen molar-refractivity contribution in [3.05, 3.63) is 35.9 Å². The fraction of sp³-hybridized carbons (Fsp3) is 0.611. The molecule has 2 atom stereocenters. The van der Waals surface area contributed by atoms with Crippen LogP contribution in [0.2, 0.25) is 0 Å². The first-order valence-electron chi connectivity index (χ1n) is 8.39. The molecule has 0 saturated heterocycles. The topological polar surface area (TPSA) is 52.3 Å². The molecule has 0 unspecified atom stereocenters. The van der Waals surface area contributed by atoms with Gasteiger partial charge in [0.2, 0.25) is 0 Å². The Bertz CT molecular complexity index is 477. The number of carbonyl (C=O) groups is 1. The van der Waals surface area contributed by atoms with Gasteiger partial charge in [0, 0.05) is 0 Å². The molecule has 1 aromatic rings. The Balaban J connectivity index is 2.60. The summed E-state index contributed by atoms with van der Waals surface area (Å²) in [5, 5.41) is 0. The van der Waals surface area contributed by atoms with Crippen molar-refractivity contribution in [2.24, 2.45) is 11.7 Å². The van der Waals surface area contributed by atoms with Crippen LogP contribution in [0.3, 0.4) is 0 Å². The van der Waals surface area contributed by atoms with Gasteiger partial charge in [-0.05, 0) is 12.0 Å². The van der Waals surface area contributed by atoms with Crippen LogP contribution in [-0.2, 0) is 16.1 Å². The van der Waals surface area contributed by atoms with Crippen molar-refractivity contribution in [2.75, 3.05) is 0 Å². The first-order valence-corrected chi connectivity index (χ1v) is 8.39. The van der Waals surface area contributed by atoms with E-state index in [0.29, 0.717) is 6.42 Å². The number of halogens is 3. The summed E-state index contributed by atoms with van der Waals surface area (Å²) in [5.41, 5.74) is 6.01. The zero-order valence-corrected chi connectivity index (χ0v) is 14.0. The van der Waals surface area contributed by atoms with Crippen molar-refractivity contribution in [1.29, 1.82) is 0 Å². The van der Waals surface area contributed by atoms with Gasteiger partial charge < -0.3 is 10.5 Å². The Morgan fingerprint density at radius 1 is 1.12 bits per heavy atom. The Morgan fingerprint density at radius 2 is 1.75 bits per heavy atom. The smallest absolute Gasteiger partial charge is 0.404 e. The van der Waals surface area contributed by atoms with E-state index in [0.717, 1.165) is 31.2 Å². The van der Waals surface area contributed by atoms with Crippen molar-refractivity contribution in [2.45, 2.75) is 64.3 Å². The lowest BCUT2D eigenvalue weighted by Crippen LogP contribution is -2.47. The molecule has 0 spiro atoms. The summed E-state index contributed by atoms with van der Waals surface area (Å²) in [5.74, 6) is -2.23. The number of nitrogens with two attached hydrogens (primary N) is 1. The van der Waals surface area contributed by atoms with Gasteiger partial charge in [-0.3, -0.25) is 4.79 Å². The predicted octanol–water partition coefficient (Wildman–Crippen LogP) is 4.60. The van der Waals surface area contributed by atoms with Crippen molar-refractivity contribution in [1.82, 2.24) is 0 Å². The number of unbranched alkanes of at least 4 members (excludes halogenated alkanes) is 4. The van der Waals surface area contributed by atoms with Crippen molar-refractivity contribution >= 4 is 5.97 Å². The molecule has 0 amide bonds. The maximum atomic E-state index is 12.9. The monoisotopic (exact) mass is 345 g/mol. The van der Waals surface area contributed by atoms with E-state index in [1.807, 2.05) is 6.07 Å². The molecule has 0 aliphatic rings. The maximum Gasteiger partial charge on any atom is 0.404 e. The Kier molecular flexibility index (Phi) is 8.82. The van der Waals surface area contributed by atoms with Gasteiger partial charge in [0.25, 0.3) is 0 Å². The van der Waals surface area contributed by atoms with E-state index in [1.54, 1.807) is 24.3 Å². The second kappa shape index (κ2) is 10.3. The highest BCUT2D eigenvalue weighted by molar-refractivity contribution is 5.73. The molecule has 3 nitrogen and oxygen atoms in total. The Hall–Kier alpha value is -1.56. The van der Waals surface area contributed by atoms with Crippen molar-refractivity contribution < 1.29 is 22.7 Å². The molecule has 6 heteroatoms. The van der Waals surface area contributed by atoms with Crippen LogP contribution < -0.4 is 5.73 Å². The van der Waals surface area contributed by atoms with E-state index >= 15 is 0 Å². The standard InChI is InChI=1S/C18H26F3NO2/c1-2-3-4-5-9-12-15(16(22)18(19,20)21)17(23)24-13-14-10-7-6-8-11-14/h6-8,10-11,15-16H,2-5,9,12-13,22H2,1H3/t15-,16-/m0/s1. The molecular formula is C18H26F3NO2. The summed E-state index contributed by atoms with van der Waals surface area (Å²) < 4.78 is 43.8. The molecule has 0 aromatic heterocycles. The van der Waals surface area contributed by atoms with Crippen LogP contribution in [0.5, 0.6) is 0 Å². The Labute approximate surface area is 141 Å². The molecule has 0 saturated carbocycles. The third kappa shape index (κ3) is 7.34. The number of alkyl halides is 3. The molecule has 0 bridgehead atoms. The minimum atomic E-state index is -4.61. The van der Waals surface area contributed by atoms with Gasteiger partial charge in [-0.15, -0.1) is 0 Å². The van der Waals surface area contributed by atoms with E-state index in [2.05, 4.69) is 6.92 Å². The summed E-state index contributed by atoms with van der Waals surface area (Å²) >= 11 is 0. The summed E-state index contributed by atoms with van der Waals surface area (Å²) in [6, 6.07) is 6.66. The van der Waals surface area contributed by atoms with Gasteiger partial charge in [0.15, 0.2) is 0 Å². The van der Waals surface area contributed by atoms with E-state index in [1.165, 1.54) is 0 Å². The normalized spacial score (nSPS) is 14.2. The highest BCUT2D eigenvalue weighted by Crippen LogP contribution is 2.28. The van der Waals surface area contributed by atoms with Crippen LogP contribution in [0.15, 0.2) is 30.3 Å². The fourth-order valence-electron chi connectivity index (χ4n) is 2.48. The van der Waals surface area contributed by atoms with Gasteiger partial charge in [0.05, 0.1) is 5.92 Å². The molecular weight excluding hydrogens is 319 g/mol. The molecule has 0 fully saturated rings. The van der Waals surface area contributed by atoms with E-state index in [-0.39, 0.29) is 13.0 Å². The van der Waals surface area contributed by atoms with E-state index < -0.39 is 24.1 Å². The molecule has 1 aromatic carbocycles. The largest absolute Gasteiger partial charge is 0.461 e. The first-order chi connectivity index (χ1) is 11.4. The van der Waals surface area contributed by atoms with Crippen LogP contribution in [-0.4, -0.2) is 18.2 Å². The molecule has 0 heterocycles. The molecule has 0 radical (unpaired) electrons. The lowest BCUT2D eigenvalue weighted by Gasteiger charge is -2.24. The summed E-state index contributed by atoms with van der Waals surface area (Å²) in [6.07, 6.45) is -0.157. The molecule has 0 aliphatic carbocycles. The highest BCUT2D eigenvalue weighted by atomic mass is 19.4. The number of hydrogen-bond acceptors (Lipinski definition) is 3. The quantitative estimate of drug-likeness (QED) is 0.498. The number of hydrogen-bond donors (Lipinski definition) is 1. The second-order valence-electron chi connectivity index (χ2n) is 5.97. The SMILES string of the molecule is CCCCCCC[C@H](C(=O)OCc1ccccc1)[C@H](N)C(F)(F)F. The van der Waals surface area contributed by atoms with Gasteiger partial charge >= 0.3 is 12.1 Å². The van der Waals surface area contributed by atoms with Crippen LogP contribution in [0.4, 0.5) is 13.2 Å². The van der Waals surface area contributed by atoms with Gasteiger partial charge in [0.1, 0.15) is 12.6 Å². The van der Waals surface area contributed by atoms with Crippen molar-refractivity contribution in [3.8, 4) is 0 Å². The lowest BCUT2D eigenvalue weighted by molar-refractivity contribution is -0.177. The third-order valence-corrected chi connectivity index (χ3v) is 3.96.